The van der Waals surface area contributed by atoms with E-state index in [1.807, 2.05) is 18.2 Å². The highest BCUT2D eigenvalue weighted by Crippen LogP contribution is 2.30. The minimum atomic E-state index is 0.177. The van der Waals surface area contributed by atoms with Crippen LogP contribution < -0.4 is 5.32 Å². The van der Waals surface area contributed by atoms with Crippen LogP contribution in [0.15, 0.2) is 45.5 Å². The molecule has 88 valence electrons. The molecule has 0 bridgehead atoms. The van der Waals surface area contributed by atoms with Crippen LogP contribution in [0.1, 0.15) is 5.69 Å². The summed E-state index contributed by atoms with van der Waals surface area (Å²) in [6.07, 6.45) is 1.44. The lowest BCUT2D eigenvalue weighted by molar-refractivity contribution is 0.472. The van der Waals surface area contributed by atoms with Crippen molar-refractivity contribution in [1.82, 2.24) is 4.98 Å². The van der Waals surface area contributed by atoms with Crippen LogP contribution in [0.3, 0.4) is 0 Å². The number of aromatic hydroxyl groups is 1. The molecule has 0 unspecified atom stereocenters. The standard InChI is InChI=1S/C12H10Br2N2O/c13-10-2-1-3-11(14)12(10)16-6-8-4-5-9(17)7-15-8/h1-5,7,16-17H,6H2. The highest BCUT2D eigenvalue weighted by atomic mass is 79.9. The van der Waals surface area contributed by atoms with E-state index in [2.05, 4.69) is 42.2 Å². The highest BCUT2D eigenvalue weighted by molar-refractivity contribution is 9.11. The Morgan fingerprint density at radius 1 is 1.12 bits per heavy atom. The number of aromatic nitrogens is 1. The molecule has 0 fully saturated rings. The summed E-state index contributed by atoms with van der Waals surface area (Å²) < 4.78 is 1.98. The van der Waals surface area contributed by atoms with Crippen LogP contribution in [0.2, 0.25) is 0 Å². The van der Waals surface area contributed by atoms with Gasteiger partial charge in [-0.2, -0.15) is 0 Å². The molecular formula is C12H10Br2N2O. The second-order valence-corrected chi connectivity index (χ2v) is 5.17. The lowest BCUT2D eigenvalue weighted by atomic mass is 10.3. The van der Waals surface area contributed by atoms with Crippen LogP contribution in [-0.2, 0) is 6.54 Å². The summed E-state index contributed by atoms with van der Waals surface area (Å²) in [5, 5.41) is 12.4. The van der Waals surface area contributed by atoms with E-state index < -0.39 is 0 Å². The molecule has 2 N–H and O–H groups in total. The van der Waals surface area contributed by atoms with E-state index in [0.717, 1.165) is 20.3 Å². The number of para-hydroxylation sites is 1. The van der Waals surface area contributed by atoms with Crippen molar-refractivity contribution < 1.29 is 5.11 Å². The third-order valence-electron chi connectivity index (χ3n) is 2.22. The topological polar surface area (TPSA) is 45.1 Å². The molecule has 2 rings (SSSR count). The van der Waals surface area contributed by atoms with Crippen LogP contribution >= 0.6 is 31.9 Å². The number of nitrogens with one attached hydrogen (secondary N) is 1. The molecule has 0 saturated heterocycles. The molecule has 1 aromatic heterocycles. The van der Waals surface area contributed by atoms with Crippen LogP contribution in [0.25, 0.3) is 0 Å². The quantitative estimate of drug-likeness (QED) is 0.874. The van der Waals surface area contributed by atoms with E-state index in [1.54, 1.807) is 12.1 Å². The van der Waals surface area contributed by atoms with Gasteiger partial charge in [0.15, 0.2) is 0 Å². The molecule has 0 spiro atoms. The van der Waals surface area contributed by atoms with Gasteiger partial charge in [-0.3, -0.25) is 4.98 Å². The van der Waals surface area contributed by atoms with E-state index >= 15 is 0 Å². The lowest BCUT2D eigenvalue weighted by Crippen LogP contribution is -2.02. The first-order valence-electron chi connectivity index (χ1n) is 4.98. The molecule has 0 amide bonds. The normalized spacial score (nSPS) is 10.2. The van der Waals surface area contributed by atoms with Gasteiger partial charge in [0.25, 0.3) is 0 Å². The Hall–Kier alpha value is -1.07. The van der Waals surface area contributed by atoms with Gasteiger partial charge in [0.2, 0.25) is 0 Å². The summed E-state index contributed by atoms with van der Waals surface area (Å²) in [6, 6.07) is 9.30. The molecule has 1 heterocycles. The summed E-state index contributed by atoms with van der Waals surface area (Å²) in [5.74, 6) is 0.177. The summed E-state index contributed by atoms with van der Waals surface area (Å²) >= 11 is 6.96. The summed E-state index contributed by atoms with van der Waals surface area (Å²) in [4.78, 5) is 4.11. The van der Waals surface area contributed by atoms with Crippen molar-refractivity contribution in [3.63, 3.8) is 0 Å². The zero-order valence-electron chi connectivity index (χ0n) is 8.82. The molecule has 0 radical (unpaired) electrons. The van der Waals surface area contributed by atoms with Gasteiger partial charge in [-0.1, -0.05) is 6.07 Å². The summed E-state index contributed by atoms with van der Waals surface area (Å²) in [5.41, 5.74) is 1.85. The van der Waals surface area contributed by atoms with E-state index in [-0.39, 0.29) is 5.75 Å². The summed E-state index contributed by atoms with van der Waals surface area (Å²) in [6.45, 7) is 0.599. The molecule has 0 aliphatic heterocycles. The minimum absolute atomic E-state index is 0.177. The smallest absolute Gasteiger partial charge is 0.133 e. The third-order valence-corrected chi connectivity index (χ3v) is 3.54. The monoisotopic (exact) mass is 356 g/mol. The van der Waals surface area contributed by atoms with Crippen molar-refractivity contribution in [3.05, 3.63) is 51.2 Å². The first-order valence-corrected chi connectivity index (χ1v) is 6.57. The van der Waals surface area contributed by atoms with Crippen molar-refractivity contribution in [2.45, 2.75) is 6.54 Å². The third kappa shape index (κ3) is 3.20. The Balaban J connectivity index is 2.10. The number of anilines is 1. The maximum atomic E-state index is 9.13. The van der Waals surface area contributed by atoms with Gasteiger partial charge < -0.3 is 10.4 Å². The summed E-state index contributed by atoms with van der Waals surface area (Å²) in [7, 11) is 0. The number of benzene rings is 1. The Morgan fingerprint density at radius 2 is 1.82 bits per heavy atom. The number of hydrogen-bond acceptors (Lipinski definition) is 3. The maximum Gasteiger partial charge on any atom is 0.133 e. The van der Waals surface area contributed by atoms with Crippen molar-refractivity contribution in [3.8, 4) is 5.75 Å². The van der Waals surface area contributed by atoms with Crippen molar-refractivity contribution in [2.75, 3.05) is 5.32 Å². The number of halogens is 2. The first-order chi connectivity index (χ1) is 8.16. The van der Waals surface area contributed by atoms with Gasteiger partial charge in [-0.25, -0.2) is 0 Å². The second kappa shape index (κ2) is 5.51. The molecule has 2 aromatic rings. The number of rotatable bonds is 3. The Bertz CT molecular complexity index is 494. The average Bonchev–Trinajstić information content (AvgIpc) is 2.31. The first kappa shape index (κ1) is 12.4. The number of nitrogens with zero attached hydrogens (tertiary/aromatic N) is 1. The van der Waals surface area contributed by atoms with E-state index in [1.165, 1.54) is 6.20 Å². The Morgan fingerprint density at radius 3 is 2.41 bits per heavy atom. The zero-order valence-corrected chi connectivity index (χ0v) is 12.0. The van der Waals surface area contributed by atoms with E-state index in [4.69, 9.17) is 5.11 Å². The fourth-order valence-corrected chi connectivity index (χ4v) is 2.65. The average molecular weight is 358 g/mol. The molecule has 0 atom stereocenters. The van der Waals surface area contributed by atoms with Crippen molar-refractivity contribution in [1.29, 1.82) is 0 Å². The van der Waals surface area contributed by atoms with Crippen LogP contribution in [-0.4, -0.2) is 10.1 Å². The van der Waals surface area contributed by atoms with Gasteiger partial charge in [0, 0.05) is 8.95 Å². The maximum absolute atomic E-state index is 9.13. The fraction of sp³-hybridized carbons (Fsp3) is 0.0833. The molecule has 17 heavy (non-hydrogen) atoms. The van der Waals surface area contributed by atoms with E-state index in [0.29, 0.717) is 6.54 Å². The molecule has 3 nitrogen and oxygen atoms in total. The number of hydrogen-bond donors (Lipinski definition) is 2. The molecule has 5 heteroatoms. The van der Waals surface area contributed by atoms with Crippen LogP contribution in [0.5, 0.6) is 5.75 Å². The zero-order chi connectivity index (χ0) is 12.3. The Kier molecular flexibility index (Phi) is 4.02. The van der Waals surface area contributed by atoms with Crippen LogP contribution in [0.4, 0.5) is 5.69 Å². The molecule has 0 aliphatic carbocycles. The van der Waals surface area contributed by atoms with E-state index in [9.17, 15) is 0 Å². The van der Waals surface area contributed by atoms with Gasteiger partial charge in [0.05, 0.1) is 24.1 Å². The van der Waals surface area contributed by atoms with Gasteiger partial charge >= 0.3 is 0 Å². The highest BCUT2D eigenvalue weighted by Gasteiger charge is 2.04. The van der Waals surface area contributed by atoms with Crippen LogP contribution in [0, 0.1) is 0 Å². The second-order valence-electron chi connectivity index (χ2n) is 3.46. The molecular weight excluding hydrogens is 348 g/mol. The number of pyridine rings is 1. The largest absolute Gasteiger partial charge is 0.506 e. The lowest BCUT2D eigenvalue weighted by Gasteiger charge is -2.10. The van der Waals surface area contributed by atoms with Gasteiger partial charge in [-0.15, -0.1) is 0 Å². The van der Waals surface area contributed by atoms with Gasteiger partial charge in [-0.05, 0) is 56.1 Å². The Labute approximate surface area is 116 Å². The predicted molar refractivity (Wildman–Crippen MR) is 75.1 cm³/mol. The molecule has 0 aliphatic rings. The van der Waals surface area contributed by atoms with Gasteiger partial charge in [0.1, 0.15) is 5.75 Å². The van der Waals surface area contributed by atoms with Crippen molar-refractivity contribution >= 4 is 37.5 Å². The predicted octanol–water partition coefficient (Wildman–Crippen LogP) is 3.92. The molecule has 1 aromatic carbocycles. The molecule has 0 saturated carbocycles. The SMILES string of the molecule is Oc1ccc(CNc2c(Br)cccc2Br)nc1. The minimum Gasteiger partial charge on any atom is -0.506 e. The van der Waals surface area contributed by atoms with Crippen molar-refractivity contribution in [2.24, 2.45) is 0 Å². The fourth-order valence-electron chi connectivity index (χ4n) is 1.37.